The Labute approximate surface area is 176 Å². The molecule has 0 amide bonds. The quantitative estimate of drug-likeness (QED) is 0.282. The highest BCUT2D eigenvalue weighted by Gasteiger charge is 2.13. The number of hydrogen-bond donors (Lipinski definition) is 0. The SMILES string of the molecule is CCOc1cccc(C(=O)Oc2cccc(C(=O)OCCCc3ccccc3)c2)c1. The van der Waals surface area contributed by atoms with E-state index in [0.717, 1.165) is 12.8 Å². The molecule has 0 radical (unpaired) electrons. The second-order valence-electron chi connectivity index (χ2n) is 6.60. The van der Waals surface area contributed by atoms with E-state index in [0.29, 0.717) is 30.1 Å². The molecule has 0 bridgehead atoms. The van der Waals surface area contributed by atoms with Gasteiger partial charge in [-0.2, -0.15) is 0 Å². The molecule has 0 aromatic heterocycles. The molecule has 0 heterocycles. The van der Waals surface area contributed by atoms with E-state index < -0.39 is 11.9 Å². The fourth-order valence-electron chi connectivity index (χ4n) is 2.90. The first kappa shape index (κ1) is 21.1. The van der Waals surface area contributed by atoms with Gasteiger partial charge < -0.3 is 14.2 Å². The van der Waals surface area contributed by atoms with Crippen LogP contribution in [0.3, 0.4) is 0 Å². The summed E-state index contributed by atoms with van der Waals surface area (Å²) in [5.41, 5.74) is 1.91. The normalized spacial score (nSPS) is 10.3. The van der Waals surface area contributed by atoms with E-state index in [4.69, 9.17) is 14.2 Å². The monoisotopic (exact) mass is 404 g/mol. The van der Waals surface area contributed by atoms with Crippen molar-refractivity contribution in [3.05, 3.63) is 95.6 Å². The second-order valence-corrected chi connectivity index (χ2v) is 6.60. The zero-order chi connectivity index (χ0) is 21.2. The van der Waals surface area contributed by atoms with E-state index in [1.807, 2.05) is 37.3 Å². The molecule has 0 N–H and O–H groups in total. The molecule has 0 fully saturated rings. The van der Waals surface area contributed by atoms with Gasteiger partial charge in [-0.15, -0.1) is 0 Å². The van der Waals surface area contributed by atoms with Crippen molar-refractivity contribution < 1.29 is 23.8 Å². The standard InChI is InChI=1S/C25H24O5/c1-2-28-22-14-6-13-21(17-22)25(27)30-23-15-7-12-20(18-23)24(26)29-16-8-11-19-9-4-3-5-10-19/h3-7,9-10,12-15,17-18H,2,8,11,16H2,1H3. The topological polar surface area (TPSA) is 61.8 Å². The lowest BCUT2D eigenvalue weighted by atomic mass is 10.1. The second kappa shape index (κ2) is 10.8. The summed E-state index contributed by atoms with van der Waals surface area (Å²) in [6, 6.07) is 23.2. The summed E-state index contributed by atoms with van der Waals surface area (Å²) in [4.78, 5) is 24.7. The summed E-state index contributed by atoms with van der Waals surface area (Å²) in [6.45, 7) is 2.70. The van der Waals surface area contributed by atoms with E-state index in [1.165, 1.54) is 11.6 Å². The van der Waals surface area contributed by atoms with Crippen LogP contribution in [-0.4, -0.2) is 25.2 Å². The minimum absolute atomic E-state index is 0.278. The molecular formula is C25H24O5. The van der Waals surface area contributed by atoms with Crippen LogP contribution in [0, 0.1) is 0 Å². The van der Waals surface area contributed by atoms with Crippen molar-refractivity contribution in [2.24, 2.45) is 0 Å². The Kier molecular flexibility index (Phi) is 7.61. The molecule has 0 saturated carbocycles. The molecule has 3 rings (SSSR count). The Balaban J connectivity index is 1.54. The van der Waals surface area contributed by atoms with Gasteiger partial charge in [-0.25, -0.2) is 9.59 Å². The van der Waals surface area contributed by atoms with Crippen LogP contribution in [0.25, 0.3) is 0 Å². The molecular weight excluding hydrogens is 380 g/mol. The van der Waals surface area contributed by atoms with Crippen molar-refractivity contribution in [1.29, 1.82) is 0 Å². The summed E-state index contributed by atoms with van der Waals surface area (Å²) >= 11 is 0. The Morgan fingerprint density at radius 1 is 0.767 bits per heavy atom. The summed E-state index contributed by atoms with van der Waals surface area (Å²) < 4.78 is 16.2. The number of hydrogen-bond acceptors (Lipinski definition) is 5. The Bertz CT molecular complexity index is 982. The van der Waals surface area contributed by atoms with E-state index in [2.05, 4.69) is 0 Å². The molecule has 0 aliphatic carbocycles. The van der Waals surface area contributed by atoms with Gasteiger partial charge in [-0.05, 0) is 61.7 Å². The van der Waals surface area contributed by atoms with Gasteiger partial charge in [0.2, 0.25) is 0 Å². The summed E-state index contributed by atoms with van der Waals surface area (Å²) in [5.74, 6) is -0.0930. The Morgan fingerprint density at radius 3 is 2.17 bits per heavy atom. The maximum atomic E-state index is 12.4. The van der Waals surface area contributed by atoms with Crippen LogP contribution in [0.2, 0.25) is 0 Å². The van der Waals surface area contributed by atoms with Gasteiger partial charge in [0.25, 0.3) is 0 Å². The molecule has 5 heteroatoms. The van der Waals surface area contributed by atoms with Crippen molar-refractivity contribution >= 4 is 11.9 Å². The Hall–Kier alpha value is -3.60. The minimum atomic E-state index is -0.523. The molecule has 0 spiro atoms. The van der Waals surface area contributed by atoms with Crippen LogP contribution < -0.4 is 9.47 Å². The maximum absolute atomic E-state index is 12.4. The van der Waals surface area contributed by atoms with E-state index in [-0.39, 0.29) is 5.75 Å². The third-order valence-electron chi connectivity index (χ3n) is 4.35. The van der Waals surface area contributed by atoms with E-state index in [9.17, 15) is 9.59 Å². The first-order valence-electron chi connectivity index (χ1n) is 9.92. The Morgan fingerprint density at radius 2 is 1.43 bits per heavy atom. The van der Waals surface area contributed by atoms with Crippen LogP contribution in [0.15, 0.2) is 78.9 Å². The molecule has 0 aliphatic rings. The van der Waals surface area contributed by atoms with E-state index in [1.54, 1.807) is 42.5 Å². The van der Waals surface area contributed by atoms with Crippen LogP contribution in [0.1, 0.15) is 39.6 Å². The molecule has 0 aliphatic heterocycles. The van der Waals surface area contributed by atoms with Crippen molar-refractivity contribution in [1.82, 2.24) is 0 Å². The molecule has 5 nitrogen and oxygen atoms in total. The summed E-state index contributed by atoms with van der Waals surface area (Å²) in [5, 5.41) is 0. The van der Waals surface area contributed by atoms with Crippen LogP contribution in [0.4, 0.5) is 0 Å². The number of aryl methyl sites for hydroxylation is 1. The van der Waals surface area contributed by atoms with Crippen LogP contribution in [0.5, 0.6) is 11.5 Å². The molecule has 3 aromatic carbocycles. The van der Waals surface area contributed by atoms with Crippen molar-refractivity contribution in [2.45, 2.75) is 19.8 Å². The average molecular weight is 404 g/mol. The highest BCUT2D eigenvalue weighted by Crippen LogP contribution is 2.18. The maximum Gasteiger partial charge on any atom is 0.343 e. The number of esters is 2. The number of carbonyl (C=O) groups excluding carboxylic acids is 2. The number of ether oxygens (including phenoxy) is 3. The van der Waals surface area contributed by atoms with Crippen molar-refractivity contribution in [3.63, 3.8) is 0 Å². The van der Waals surface area contributed by atoms with Crippen molar-refractivity contribution in [3.8, 4) is 11.5 Å². The number of benzene rings is 3. The van der Waals surface area contributed by atoms with Gasteiger partial charge in [0.05, 0.1) is 24.3 Å². The smallest absolute Gasteiger partial charge is 0.343 e. The fraction of sp³-hybridized carbons (Fsp3) is 0.200. The third-order valence-corrected chi connectivity index (χ3v) is 4.35. The molecule has 0 atom stereocenters. The zero-order valence-electron chi connectivity index (χ0n) is 16.9. The lowest BCUT2D eigenvalue weighted by molar-refractivity contribution is 0.0498. The highest BCUT2D eigenvalue weighted by molar-refractivity contribution is 5.93. The molecule has 154 valence electrons. The highest BCUT2D eigenvalue weighted by atomic mass is 16.5. The van der Waals surface area contributed by atoms with E-state index >= 15 is 0 Å². The fourth-order valence-corrected chi connectivity index (χ4v) is 2.90. The lowest BCUT2D eigenvalue weighted by Crippen LogP contribution is -2.10. The van der Waals surface area contributed by atoms with Gasteiger partial charge in [0.15, 0.2) is 0 Å². The van der Waals surface area contributed by atoms with Crippen LogP contribution >= 0.6 is 0 Å². The minimum Gasteiger partial charge on any atom is -0.494 e. The third kappa shape index (κ3) is 6.21. The average Bonchev–Trinajstić information content (AvgIpc) is 2.78. The van der Waals surface area contributed by atoms with Gasteiger partial charge in [0, 0.05) is 0 Å². The molecule has 30 heavy (non-hydrogen) atoms. The predicted octanol–water partition coefficient (Wildman–Crippen LogP) is 5.09. The molecule has 0 unspecified atom stereocenters. The summed E-state index contributed by atoms with van der Waals surface area (Å²) in [7, 11) is 0. The van der Waals surface area contributed by atoms with Gasteiger partial charge in [-0.3, -0.25) is 0 Å². The zero-order valence-corrected chi connectivity index (χ0v) is 16.9. The van der Waals surface area contributed by atoms with Crippen molar-refractivity contribution in [2.75, 3.05) is 13.2 Å². The van der Waals surface area contributed by atoms with Gasteiger partial charge in [0.1, 0.15) is 11.5 Å². The predicted molar refractivity (Wildman–Crippen MR) is 114 cm³/mol. The largest absolute Gasteiger partial charge is 0.494 e. The first-order chi connectivity index (χ1) is 14.7. The number of rotatable bonds is 9. The first-order valence-corrected chi connectivity index (χ1v) is 9.92. The number of carbonyl (C=O) groups is 2. The summed E-state index contributed by atoms with van der Waals surface area (Å²) in [6.07, 6.45) is 1.58. The van der Waals surface area contributed by atoms with Gasteiger partial charge in [-0.1, -0.05) is 42.5 Å². The lowest BCUT2D eigenvalue weighted by Gasteiger charge is -2.09. The molecule has 0 saturated heterocycles. The van der Waals surface area contributed by atoms with Crippen LogP contribution in [-0.2, 0) is 11.2 Å². The van der Waals surface area contributed by atoms with Gasteiger partial charge >= 0.3 is 11.9 Å². The molecule has 3 aromatic rings.